The normalized spacial score (nSPS) is 19.3. The van der Waals surface area contributed by atoms with Gasteiger partial charge in [0.25, 0.3) is 5.91 Å². The minimum Gasteiger partial charge on any atom is -0.454 e. The number of hydrogen-bond donors (Lipinski definition) is 0. The summed E-state index contributed by atoms with van der Waals surface area (Å²) in [6, 6.07) is 15.8. The zero-order valence-corrected chi connectivity index (χ0v) is 14.9. The van der Waals surface area contributed by atoms with Crippen molar-refractivity contribution in [1.29, 1.82) is 0 Å². The molecule has 2 aromatic rings. The van der Waals surface area contributed by atoms with Gasteiger partial charge in [0.15, 0.2) is 11.5 Å². The molecule has 0 radical (unpaired) electrons. The lowest BCUT2D eigenvalue weighted by Gasteiger charge is -2.32. The zero-order valence-electron chi connectivity index (χ0n) is 14.9. The van der Waals surface area contributed by atoms with Gasteiger partial charge in [0.1, 0.15) is 6.10 Å². The first kappa shape index (κ1) is 16.9. The standard InChI is InChI=1S/C21H23NO4/c1-15(16-7-3-2-4-8-16)22(21(23)19-11-6-12-24-19)13-17-9-5-10-18-20(17)26-14-25-18/h2-5,7-10,15,19H,6,11-14H2,1H3/t15-,19-/m0/s1. The number of para-hydroxylation sites is 1. The fourth-order valence-electron chi connectivity index (χ4n) is 3.57. The van der Waals surface area contributed by atoms with Crippen molar-refractivity contribution in [3.05, 3.63) is 59.7 Å². The van der Waals surface area contributed by atoms with Crippen molar-refractivity contribution in [2.45, 2.75) is 38.5 Å². The SMILES string of the molecule is C[C@@H](c1ccccc1)N(Cc1cccc2c1OCO2)C(=O)[C@@H]1CCCO1. The summed E-state index contributed by atoms with van der Waals surface area (Å²) in [6.07, 6.45) is 1.36. The lowest BCUT2D eigenvalue weighted by molar-refractivity contribution is -0.144. The highest BCUT2D eigenvalue weighted by molar-refractivity contribution is 5.81. The Kier molecular flexibility index (Phi) is 4.80. The van der Waals surface area contributed by atoms with Gasteiger partial charge in [0, 0.05) is 12.2 Å². The molecule has 136 valence electrons. The third kappa shape index (κ3) is 3.27. The van der Waals surface area contributed by atoms with Gasteiger partial charge in [-0.05, 0) is 31.4 Å². The number of carbonyl (C=O) groups is 1. The van der Waals surface area contributed by atoms with Gasteiger partial charge in [-0.1, -0.05) is 42.5 Å². The van der Waals surface area contributed by atoms with Crippen LogP contribution in [0.25, 0.3) is 0 Å². The van der Waals surface area contributed by atoms with Gasteiger partial charge in [-0.15, -0.1) is 0 Å². The quantitative estimate of drug-likeness (QED) is 0.823. The molecule has 0 spiro atoms. The van der Waals surface area contributed by atoms with Crippen LogP contribution in [0.15, 0.2) is 48.5 Å². The van der Waals surface area contributed by atoms with E-state index in [0.717, 1.165) is 35.5 Å². The van der Waals surface area contributed by atoms with E-state index in [9.17, 15) is 4.79 Å². The number of amides is 1. The minimum absolute atomic E-state index is 0.0374. The molecule has 2 atom stereocenters. The Morgan fingerprint density at radius 2 is 2.00 bits per heavy atom. The molecular weight excluding hydrogens is 330 g/mol. The van der Waals surface area contributed by atoms with Crippen molar-refractivity contribution in [3.8, 4) is 11.5 Å². The van der Waals surface area contributed by atoms with Crippen molar-refractivity contribution in [2.24, 2.45) is 0 Å². The summed E-state index contributed by atoms with van der Waals surface area (Å²) in [6.45, 7) is 3.39. The first-order valence-electron chi connectivity index (χ1n) is 9.08. The van der Waals surface area contributed by atoms with Crippen LogP contribution in [0.2, 0.25) is 0 Å². The van der Waals surface area contributed by atoms with Gasteiger partial charge in [-0.2, -0.15) is 0 Å². The second-order valence-electron chi connectivity index (χ2n) is 6.71. The molecule has 1 saturated heterocycles. The van der Waals surface area contributed by atoms with E-state index in [1.54, 1.807) is 0 Å². The molecule has 0 unspecified atom stereocenters. The maximum atomic E-state index is 13.2. The maximum absolute atomic E-state index is 13.2. The molecule has 0 aromatic heterocycles. The first-order valence-corrected chi connectivity index (χ1v) is 9.08. The van der Waals surface area contributed by atoms with Gasteiger partial charge < -0.3 is 19.1 Å². The number of nitrogens with zero attached hydrogens (tertiary/aromatic N) is 1. The molecule has 4 rings (SSSR count). The molecular formula is C21H23NO4. The van der Waals surface area contributed by atoms with Gasteiger partial charge >= 0.3 is 0 Å². The van der Waals surface area contributed by atoms with Gasteiger partial charge in [0.2, 0.25) is 6.79 Å². The van der Waals surface area contributed by atoms with Gasteiger partial charge in [-0.25, -0.2) is 0 Å². The van der Waals surface area contributed by atoms with Crippen molar-refractivity contribution in [2.75, 3.05) is 13.4 Å². The number of hydrogen-bond acceptors (Lipinski definition) is 4. The molecule has 0 saturated carbocycles. The maximum Gasteiger partial charge on any atom is 0.252 e. The van der Waals surface area contributed by atoms with Crippen molar-refractivity contribution < 1.29 is 19.0 Å². The number of fused-ring (bicyclic) bond motifs is 1. The van der Waals surface area contributed by atoms with E-state index in [1.165, 1.54) is 0 Å². The van der Waals surface area contributed by atoms with Crippen LogP contribution in [-0.2, 0) is 16.1 Å². The topological polar surface area (TPSA) is 48.0 Å². The Labute approximate surface area is 153 Å². The predicted octanol–water partition coefficient (Wildman–Crippen LogP) is 3.68. The van der Waals surface area contributed by atoms with E-state index in [1.807, 2.05) is 41.3 Å². The van der Waals surface area contributed by atoms with E-state index in [2.05, 4.69) is 19.1 Å². The van der Waals surface area contributed by atoms with Crippen LogP contribution < -0.4 is 9.47 Å². The Morgan fingerprint density at radius 3 is 2.77 bits per heavy atom. The number of rotatable bonds is 5. The summed E-state index contributed by atoms with van der Waals surface area (Å²) in [7, 11) is 0. The third-order valence-electron chi connectivity index (χ3n) is 5.06. The van der Waals surface area contributed by atoms with Crippen molar-refractivity contribution >= 4 is 5.91 Å². The third-order valence-corrected chi connectivity index (χ3v) is 5.06. The summed E-state index contributed by atoms with van der Waals surface area (Å²) in [5.41, 5.74) is 2.05. The minimum atomic E-state index is -0.352. The average molecular weight is 353 g/mol. The van der Waals surface area contributed by atoms with E-state index < -0.39 is 0 Å². The Bertz CT molecular complexity index is 771. The summed E-state index contributed by atoms with van der Waals surface area (Å²) in [5.74, 6) is 1.51. The Balaban J connectivity index is 1.64. The highest BCUT2D eigenvalue weighted by Gasteiger charge is 2.32. The molecule has 2 aliphatic heterocycles. The fourth-order valence-corrected chi connectivity index (χ4v) is 3.57. The largest absolute Gasteiger partial charge is 0.454 e. The number of benzene rings is 2. The Morgan fingerprint density at radius 1 is 1.15 bits per heavy atom. The molecule has 5 nitrogen and oxygen atoms in total. The second-order valence-corrected chi connectivity index (χ2v) is 6.71. The van der Waals surface area contributed by atoms with Crippen molar-refractivity contribution in [1.82, 2.24) is 4.90 Å². The smallest absolute Gasteiger partial charge is 0.252 e. The molecule has 5 heteroatoms. The second kappa shape index (κ2) is 7.38. The van der Waals surface area contributed by atoms with Crippen LogP contribution in [0.3, 0.4) is 0 Å². The average Bonchev–Trinajstić information content (AvgIpc) is 3.37. The first-order chi connectivity index (χ1) is 12.7. The molecule has 0 aliphatic carbocycles. The summed E-state index contributed by atoms with van der Waals surface area (Å²) in [5, 5.41) is 0. The summed E-state index contributed by atoms with van der Waals surface area (Å²) < 4.78 is 16.8. The highest BCUT2D eigenvalue weighted by atomic mass is 16.7. The van der Waals surface area contributed by atoms with Crippen LogP contribution in [0.4, 0.5) is 0 Å². The molecule has 2 aliphatic rings. The summed E-state index contributed by atoms with van der Waals surface area (Å²) >= 11 is 0. The van der Waals surface area contributed by atoms with Gasteiger partial charge in [-0.3, -0.25) is 4.79 Å². The van der Waals surface area contributed by atoms with Crippen LogP contribution in [0, 0.1) is 0 Å². The molecule has 1 fully saturated rings. The summed E-state index contributed by atoms with van der Waals surface area (Å²) in [4.78, 5) is 15.1. The number of ether oxygens (including phenoxy) is 3. The number of carbonyl (C=O) groups excluding carboxylic acids is 1. The molecule has 2 aromatic carbocycles. The van der Waals surface area contributed by atoms with E-state index >= 15 is 0 Å². The zero-order chi connectivity index (χ0) is 17.9. The van der Waals surface area contributed by atoms with Crippen molar-refractivity contribution in [3.63, 3.8) is 0 Å². The molecule has 26 heavy (non-hydrogen) atoms. The van der Waals surface area contributed by atoms with Crippen LogP contribution >= 0.6 is 0 Å². The van der Waals surface area contributed by atoms with Crippen LogP contribution in [0.5, 0.6) is 11.5 Å². The monoisotopic (exact) mass is 353 g/mol. The van der Waals surface area contributed by atoms with E-state index in [-0.39, 0.29) is 24.8 Å². The molecule has 0 bridgehead atoms. The van der Waals surface area contributed by atoms with Crippen LogP contribution in [0.1, 0.15) is 36.9 Å². The Hall–Kier alpha value is -2.53. The predicted molar refractivity (Wildman–Crippen MR) is 96.9 cm³/mol. The molecule has 1 amide bonds. The molecule has 0 N–H and O–H groups in total. The van der Waals surface area contributed by atoms with Gasteiger partial charge in [0.05, 0.1) is 12.6 Å². The van der Waals surface area contributed by atoms with E-state index in [0.29, 0.717) is 13.2 Å². The van der Waals surface area contributed by atoms with E-state index in [4.69, 9.17) is 14.2 Å². The van der Waals surface area contributed by atoms with Crippen LogP contribution in [-0.4, -0.2) is 30.3 Å². The highest BCUT2D eigenvalue weighted by Crippen LogP contribution is 2.37. The lowest BCUT2D eigenvalue weighted by Crippen LogP contribution is -2.40. The lowest BCUT2D eigenvalue weighted by atomic mass is 10.0. The molecule has 2 heterocycles. The fraction of sp³-hybridized carbons (Fsp3) is 0.381.